The molecule has 1 fully saturated rings. The van der Waals surface area contributed by atoms with E-state index in [4.69, 9.17) is 9.72 Å². The molecule has 0 spiro atoms. The molecular weight excluding hydrogens is 464 g/mol. The predicted octanol–water partition coefficient (Wildman–Crippen LogP) is 3.74. The number of carbonyl (C=O) groups is 2. The van der Waals surface area contributed by atoms with Crippen LogP contribution in [0.4, 0.5) is 5.69 Å². The van der Waals surface area contributed by atoms with Gasteiger partial charge in [-0.05, 0) is 55.4 Å². The van der Waals surface area contributed by atoms with Crippen LogP contribution in [0.5, 0.6) is 0 Å². The fraction of sp³-hybridized carbons (Fsp3) is 0.370. The molecule has 182 valence electrons. The van der Waals surface area contributed by atoms with E-state index >= 15 is 0 Å². The van der Waals surface area contributed by atoms with Crippen molar-refractivity contribution < 1.29 is 22.7 Å². The monoisotopic (exact) mass is 492 g/mol. The number of fused-ring (bicyclic) bond motifs is 2. The van der Waals surface area contributed by atoms with E-state index in [1.807, 2.05) is 30.3 Å². The van der Waals surface area contributed by atoms with Gasteiger partial charge in [0.25, 0.3) is 5.91 Å². The number of benzene rings is 2. The Hall–Kier alpha value is -3.26. The lowest BCUT2D eigenvalue weighted by Crippen LogP contribution is -2.43. The van der Waals surface area contributed by atoms with Gasteiger partial charge in [0.1, 0.15) is 0 Å². The Bertz CT molecular complexity index is 1390. The average Bonchev–Trinajstić information content (AvgIpc) is 3.20. The van der Waals surface area contributed by atoms with Crippen LogP contribution in [0.3, 0.4) is 0 Å². The number of anilines is 1. The Kier molecular flexibility index (Phi) is 6.32. The molecule has 0 N–H and O–H groups in total. The van der Waals surface area contributed by atoms with Crippen molar-refractivity contribution in [3.63, 3.8) is 0 Å². The first-order chi connectivity index (χ1) is 16.8. The maximum atomic E-state index is 13.4. The summed E-state index contributed by atoms with van der Waals surface area (Å²) in [7, 11) is -3.20. The molecule has 0 saturated carbocycles. The number of pyridine rings is 1. The van der Waals surface area contributed by atoms with Crippen LogP contribution in [0.25, 0.3) is 10.9 Å². The van der Waals surface area contributed by atoms with Gasteiger partial charge < -0.3 is 9.64 Å². The molecule has 5 rings (SSSR count). The van der Waals surface area contributed by atoms with Crippen LogP contribution < -0.4 is 4.90 Å². The van der Waals surface area contributed by atoms with Gasteiger partial charge in [0.2, 0.25) is 0 Å². The maximum absolute atomic E-state index is 13.4. The van der Waals surface area contributed by atoms with Crippen LogP contribution in [-0.4, -0.2) is 49.4 Å². The number of nitrogens with zero attached hydrogens (tertiary/aromatic N) is 2. The number of sulfone groups is 1. The topological polar surface area (TPSA) is 93.6 Å². The SMILES string of the molecule is CC1CCc2nc3ccccc3c(C(=O)OCC(=O)N(c3ccccc3)C3CCS(=O)(=O)C3)c2C1. The van der Waals surface area contributed by atoms with Crippen LogP contribution in [0.1, 0.15) is 41.4 Å². The van der Waals surface area contributed by atoms with Crippen molar-refractivity contribution in [2.24, 2.45) is 5.92 Å². The summed E-state index contributed by atoms with van der Waals surface area (Å²) in [5.74, 6) is -0.610. The number of amides is 1. The lowest BCUT2D eigenvalue weighted by molar-refractivity contribution is -0.122. The number of ether oxygens (including phenoxy) is 1. The van der Waals surface area contributed by atoms with E-state index in [0.717, 1.165) is 41.4 Å². The highest BCUT2D eigenvalue weighted by molar-refractivity contribution is 7.91. The van der Waals surface area contributed by atoms with Gasteiger partial charge in [-0.3, -0.25) is 9.78 Å². The van der Waals surface area contributed by atoms with E-state index in [1.165, 1.54) is 4.90 Å². The molecule has 3 aromatic rings. The Labute approximate surface area is 205 Å². The smallest absolute Gasteiger partial charge is 0.339 e. The number of rotatable bonds is 5. The normalized spacial score (nSPS) is 20.8. The largest absolute Gasteiger partial charge is 0.452 e. The highest BCUT2D eigenvalue weighted by Crippen LogP contribution is 2.32. The van der Waals surface area contributed by atoms with Crippen molar-refractivity contribution in [1.82, 2.24) is 4.98 Å². The van der Waals surface area contributed by atoms with Gasteiger partial charge in [0, 0.05) is 16.8 Å². The summed E-state index contributed by atoms with van der Waals surface area (Å²) < 4.78 is 29.8. The molecule has 2 heterocycles. The Balaban J connectivity index is 1.42. The zero-order valence-electron chi connectivity index (χ0n) is 19.6. The summed E-state index contributed by atoms with van der Waals surface area (Å²) >= 11 is 0. The molecule has 1 aromatic heterocycles. The van der Waals surface area contributed by atoms with Crippen LogP contribution in [-0.2, 0) is 32.2 Å². The quantitative estimate of drug-likeness (QED) is 0.504. The van der Waals surface area contributed by atoms with E-state index in [2.05, 4.69) is 6.92 Å². The highest BCUT2D eigenvalue weighted by Gasteiger charge is 2.36. The van der Waals surface area contributed by atoms with Crippen molar-refractivity contribution in [2.45, 2.75) is 38.6 Å². The molecule has 1 aliphatic carbocycles. The third-order valence-electron chi connectivity index (χ3n) is 6.91. The van der Waals surface area contributed by atoms with Crippen molar-refractivity contribution >= 4 is 38.3 Å². The molecule has 0 radical (unpaired) electrons. The summed E-state index contributed by atoms with van der Waals surface area (Å²) in [6.45, 7) is 1.69. The zero-order valence-corrected chi connectivity index (χ0v) is 20.5. The minimum absolute atomic E-state index is 0.0430. The molecule has 1 aliphatic heterocycles. The van der Waals surface area contributed by atoms with Crippen molar-refractivity contribution in [1.29, 1.82) is 0 Å². The number of aromatic nitrogens is 1. The van der Waals surface area contributed by atoms with E-state index in [0.29, 0.717) is 23.6 Å². The van der Waals surface area contributed by atoms with Crippen LogP contribution in [0.15, 0.2) is 54.6 Å². The summed E-state index contributed by atoms with van der Waals surface area (Å²) in [6.07, 6.45) is 2.92. The molecular formula is C27H28N2O5S. The van der Waals surface area contributed by atoms with Gasteiger partial charge >= 0.3 is 5.97 Å². The fourth-order valence-electron chi connectivity index (χ4n) is 5.19. The minimum atomic E-state index is -3.20. The first kappa shape index (κ1) is 23.5. The molecule has 2 atom stereocenters. The maximum Gasteiger partial charge on any atom is 0.339 e. The number of hydrogen-bond donors (Lipinski definition) is 0. The van der Waals surface area contributed by atoms with E-state index in [9.17, 15) is 18.0 Å². The van der Waals surface area contributed by atoms with Crippen LogP contribution >= 0.6 is 0 Å². The first-order valence-corrected chi connectivity index (χ1v) is 13.8. The zero-order chi connectivity index (χ0) is 24.6. The van der Waals surface area contributed by atoms with Gasteiger partial charge in [-0.15, -0.1) is 0 Å². The van der Waals surface area contributed by atoms with Gasteiger partial charge in [-0.2, -0.15) is 0 Å². The standard InChI is InChI=1S/C27H28N2O5S/c1-18-11-12-24-22(15-18)26(21-9-5-6-10-23(21)28-24)27(31)34-16-25(30)29(19-7-3-2-4-8-19)20-13-14-35(32,33)17-20/h2-10,18,20H,11-17H2,1H3. The summed E-state index contributed by atoms with van der Waals surface area (Å²) in [5, 5.41) is 0.722. The summed E-state index contributed by atoms with van der Waals surface area (Å²) in [5.41, 5.74) is 3.64. The van der Waals surface area contributed by atoms with Gasteiger partial charge in [0.05, 0.1) is 28.6 Å². The molecule has 8 heteroatoms. The Morgan fingerprint density at radius 3 is 2.54 bits per heavy atom. The Morgan fingerprint density at radius 1 is 1.06 bits per heavy atom. The molecule has 2 unspecified atom stereocenters. The molecule has 1 saturated heterocycles. The summed E-state index contributed by atoms with van der Waals surface area (Å²) in [6, 6.07) is 16.0. The number of esters is 1. The lowest BCUT2D eigenvalue weighted by Gasteiger charge is -2.28. The highest BCUT2D eigenvalue weighted by atomic mass is 32.2. The Morgan fingerprint density at radius 2 is 1.80 bits per heavy atom. The number of hydrogen-bond acceptors (Lipinski definition) is 6. The second-order valence-corrected chi connectivity index (χ2v) is 11.7. The molecule has 35 heavy (non-hydrogen) atoms. The van der Waals surface area contributed by atoms with Crippen molar-refractivity contribution in [3.8, 4) is 0 Å². The van der Waals surface area contributed by atoms with Gasteiger partial charge in [0.15, 0.2) is 16.4 Å². The number of aryl methyl sites for hydroxylation is 1. The van der Waals surface area contributed by atoms with Crippen LogP contribution in [0, 0.1) is 5.92 Å². The number of para-hydroxylation sites is 2. The third-order valence-corrected chi connectivity index (χ3v) is 8.66. The van der Waals surface area contributed by atoms with E-state index in [1.54, 1.807) is 24.3 Å². The second-order valence-electron chi connectivity index (χ2n) is 9.51. The first-order valence-electron chi connectivity index (χ1n) is 12.0. The lowest BCUT2D eigenvalue weighted by atomic mass is 9.84. The minimum Gasteiger partial charge on any atom is -0.452 e. The fourth-order valence-corrected chi connectivity index (χ4v) is 6.89. The average molecular weight is 493 g/mol. The predicted molar refractivity (Wildman–Crippen MR) is 134 cm³/mol. The number of carbonyl (C=O) groups excluding carboxylic acids is 2. The van der Waals surface area contributed by atoms with Gasteiger partial charge in [-0.1, -0.05) is 43.3 Å². The van der Waals surface area contributed by atoms with E-state index < -0.39 is 34.4 Å². The van der Waals surface area contributed by atoms with Gasteiger partial charge in [-0.25, -0.2) is 13.2 Å². The molecule has 2 aromatic carbocycles. The van der Waals surface area contributed by atoms with Crippen LogP contribution in [0.2, 0.25) is 0 Å². The molecule has 2 aliphatic rings. The van der Waals surface area contributed by atoms with Crippen molar-refractivity contribution in [3.05, 3.63) is 71.4 Å². The van der Waals surface area contributed by atoms with E-state index in [-0.39, 0.29) is 11.5 Å². The second kappa shape index (κ2) is 9.41. The molecule has 7 nitrogen and oxygen atoms in total. The summed E-state index contributed by atoms with van der Waals surface area (Å²) in [4.78, 5) is 33.0. The molecule has 0 bridgehead atoms. The third kappa shape index (κ3) is 4.80. The van der Waals surface area contributed by atoms with Crippen molar-refractivity contribution in [2.75, 3.05) is 23.0 Å². The molecule has 1 amide bonds.